The van der Waals surface area contributed by atoms with Gasteiger partial charge in [0.05, 0.1) is 24.9 Å². The molecule has 0 radical (unpaired) electrons. The first kappa shape index (κ1) is 15.7. The third-order valence-electron chi connectivity index (χ3n) is 4.74. The molecule has 0 saturated heterocycles. The normalized spacial score (nSPS) is 19.5. The van der Waals surface area contributed by atoms with Crippen LogP contribution in [-0.2, 0) is 9.53 Å². The molecule has 3 aromatic rings. The van der Waals surface area contributed by atoms with Crippen LogP contribution in [0.2, 0.25) is 0 Å². The summed E-state index contributed by atoms with van der Waals surface area (Å²) in [6.07, 6.45) is 2.96. The summed E-state index contributed by atoms with van der Waals surface area (Å²) in [6, 6.07) is 6.53. The Morgan fingerprint density at radius 2 is 2.04 bits per heavy atom. The zero-order chi connectivity index (χ0) is 18.7. The number of hydrogen-bond donors (Lipinski definition) is 0. The quantitative estimate of drug-likeness (QED) is 0.391. The maximum Gasteiger partial charge on any atom is 0.308 e. The maximum atomic E-state index is 13.3. The standard InChI is InChI=1S/C20H14O7/c1-9(21)25-11-4-3-5-12-16(11)18(22)17-13(23-2)8-14-15(19(17)26-12)10-6-7-24-20(10)27-14/h3-8,10,20H,1-2H3. The highest BCUT2D eigenvalue weighted by molar-refractivity contribution is 5.99. The fourth-order valence-electron chi connectivity index (χ4n) is 3.66. The Balaban J connectivity index is 1.91. The molecular weight excluding hydrogens is 352 g/mol. The Hall–Kier alpha value is -3.48. The van der Waals surface area contributed by atoms with E-state index >= 15 is 0 Å². The summed E-state index contributed by atoms with van der Waals surface area (Å²) in [6.45, 7) is 1.28. The van der Waals surface area contributed by atoms with Gasteiger partial charge in [-0.2, -0.15) is 0 Å². The molecule has 1 aromatic heterocycles. The van der Waals surface area contributed by atoms with E-state index in [9.17, 15) is 9.59 Å². The zero-order valence-electron chi connectivity index (χ0n) is 14.5. The van der Waals surface area contributed by atoms with Crippen molar-refractivity contribution in [3.05, 3.63) is 52.4 Å². The van der Waals surface area contributed by atoms with E-state index in [1.54, 1.807) is 30.5 Å². The van der Waals surface area contributed by atoms with E-state index in [4.69, 9.17) is 23.4 Å². The lowest BCUT2D eigenvalue weighted by atomic mass is 9.97. The van der Waals surface area contributed by atoms with Gasteiger partial charge in [0.15, 0.2) is 0 Å². The van der Waals surface area contributed by atoms with Crippen LogP contribution in [0.15, 0.2) is 45.8 Å². The highest BCUT2D eigenvalue weighted by atomic mass is 16.7. The van der Waals surface area contributed by atoms with Crippen LogP contribution in [0.5, 0.6) is 17.2 Å². The number of ether oxygens (including phenoxy) is 4. The number of esters is 1. The monoisotopic (exact) mass is 366 g/mol. The minimum absolute atomic E-state index is 0.149. The van der Waals surface area contributed by atoms with Crippen molar-refractivity contribution in [3.63, 3.8) is 0 Å². The Morgan fingerprint density at radius 1 is 1.19 bits per heavy atom. The summed E-state index contributed by atoms with van der Waals surface area (Å²) in [5, 5.41) is 0.458. The molecule has 2 atom stereocenters. The number of methoxy groups -OCH3 is 1. The highest BCUT2D eigenvalue weighted by Crippen LogP contribution is 2.49. The molecule has 3 heterocycles. The number of carbonyl (C=O) groups excluding carboxylic acids is 1. The number of rotatable bonds is 2. The molecule has 2 aliphatic rings. The predicted molar refractivity (Wildman–Crippen MR) is 95.2 cm³/mol. The van der Waals surface area contributed by atoms with Gasteiger partial charge in [-0.1, -0.05) is 6.07 Å². The maximum absolute atomic E-state index is 13.3. The Morgan fingerprint density at radius 3 is 2.81 bits per heavy atom. The van der Waals surface area contributed by atoms with E-state index < -0.39 is 12.3 Å². The molecule has 7 nitrogen and oxygen atoms in total. The average molecular weight is 366 g/mol. The number of benzene rings is 2. The van der Waals surface area contributed by atoms with Gasteiger partial charge in [0.25, 0.3) is 6.29 Å². The van der Waals surface area contributed by atoms with Crippen molar-refractivity contribution < 1.29 is 28.2 Å². The van der Waals surface area contributed by atoms with Gasteiger partial charge >= 0.3 is 5.97 Å². The van der Waals surface area contributed by atoms with Crippen LogP contribution >= 0.6 is 0 Å². The van der Waals surface area contributed by atoms with Gasteiger partial charge in [0, 0.05) is 13.0 Å². The third-order valence-corrected chi connectivity index (χ3v) is 4.74. The molecule has 0 spiro atoms. The Kier molecular flexibility index (Phi) is 3.21. The second kappa shape index (κ2) is 5.51. The smallest absolute Gasteiger partial charge is 0.308 e. The summed E-state index contributed by atoms with van der Waals surface area (Å²) in [7, 11) is 1.47. The largest absolute Gasteiger partial charge is 0.496 e. The number of carbonyl (C=O) groups is 1. The molecule has 0 aliphatic carbocycles. The summed E-state index contributed by atoms with van der Waals surface area (Å²) >= 11 is 0. The Labute approximate surface area is 152 Å². The van der Waals surface area contributed by atoms with E-state index in [0.29, 0.717) is 22.7 Å². The molecule has 0 saturated carbocycles. The topological polar surface area (TPSA) is 84.2 Å². The highest BCUT2D eigenvalue weighted by Gasteiger charge is 2.40. The second-order valence-corrected chi connectivity index (χ2v) is 6.33. The molecule has 7 heteroatoms. The van der Waals surface area contributed by atoms with Crippen LogP contribution < -0.4 is 19.6 Å². The van der Waals surface area contributed by atoms with Crippen molar-refractivity contribution in [1.29, 1.82) is 0 Å². The molecule has 0 amide bonds. The molecule has 0 N–H and O–H groups in total. The van der Waals surface area contributed by atoms with E-state index in [0.717, 1.165) is 5.56 Å². The minimum atomic E-state index is -0.521. The first-order valence-corrected chi connectivity index (χ1v) is 8.36. The molecule has 2 aromatic carbocycles. The summed E-state index contributed by atoms with van der Waals surface area (Å²) in [5.74, 6) is 0.327. The molecule has 0 bridgehead atoms. The SMILES string of the molecule is COc1cc2c(c3oc4cccc(OC(C)=O)c4c(=O)c13)C1C=COC1O2. The zero-order valence-corrected chi connectivity index (χ0v) is 14.5. The molecule has 5 rings (SSSR count). The van der Waals surface area contributed by atoms with Gasteiger partial charge < -0.3 is 23.4 Å². The summed E-state index contributed by atoms with van der Waals surface area (Å²) in [4.78, 5) is 24.8. The summed E-state index contributed by atoms with van der Waals surface area (Å²) < 4.78 is 28.0. The average Bonchev–Trinajstić information content (AvgIpc) is 3.21. The van der Waals surface area contributed by atoms with Gasteiger partial charge in [-0.3, -0.25) is 9.59 Å². The molecule has 136 valence electrons. The molecular formula is C20H14O7. The van der Waals surface area contributed by atoms with Crippen LogP contribution in [0, 0.1) is 0 Å². The first-order valence-electron chi connectivity index (χ1n) is 8.36. The van der Waals surface area contributed by atoms with Gasteiger partial charge in [0.2, 0.25) is 5.43 Å². The van der Waals surface area contributed by atoms with Gasteiger partial charge in [0.1, 0.15) is 39.2 Å². The second-order valence-electron chi connectivity index (χ2n) is 6.33. The van der Waals surface area contributed by atoms with Gasteiger partial charge in [-0.15, -0.1) is 0 Å². The van der Waals surface area contributed by atoms with Gasteiger partial charge in [-0.25, -0.2) is 0 Å². The van der Waals surface area contributed by atoms with E-state index in [2.05, 4.69) is 0 Å². The van der Waals surface area contributed by atoms with Crippen molar-refractivity contribution in [2.45, 2.75) is 19.1 Å². The van der Waals surface area contributed by atoms with Crippen molar-refractivity contribution in [2.24, 2.45) is 0 Å². The van der Waals surface area contributed by atoms with E-state index in [1.807, 2.05) is 6.08 Å². The lowest BCUT2D eigenvalue weighted by Gasteiger charge is -2.12. The predicted octanol–water partition coefficient (Wildman–Crippen LogP) is 3.23. The lowest BCUT2D eigenvalue weighted by molar-refractivity contribution is -0.131. The molecule has 2 aliphatic heterocycles. The first-order chi connectivity index (χ1) is 13.1. The molecule has 0 fully saturated rings. The van der Waals surface area contributed by atoms with Crippen LogP contribution in [-0.4, -0.2) is 19.4 Å². The van der Waals surface area contributed by atoms with E-state index in [1.165, 1.54) is 14.0 Å². The number of hydrogen-bond acceptors (Lipinski definition) is 7. The van der Waals surface area contributed by atoms with Crippen molar-refractivity contribution in [2.75, 3.05) is 7.11 Å². The van der Waals surface area contributed by atoms with Crippen LogP contribution in [0.3, 0.4) is 0 Å². The van der Waals surface area contributed by atoms with Crippen molar-refractivity contribution in [1.82, 2.24) is 0 Å². The van der Waals surface area contributed by atoms with Crippen molar-refractivity contribution in [3.8, 4) is 17.2 Å². The van der Waals surface area contributed by atoms with Crippen molar-refractivity contribution >= 4 is 27.9 Å². The minimum Gasteiger partial charge on any atom is -0.496 e. The molecule has 2 unspecified atom stereocenters. The third kappa shape index (κ3) is 2.14. The van der Waals surface area contributed by atoms with E-state index in [-0.39, 0.29) is 27.9 Å². The Bertz CT molecular complexity index is 1200. The molecule has 27 heavy (non-hydrogen) atoms. The fourth-order valence-corrected chi connectivity index (χ4v) is 3.66. The van der Waals surface area contributed by atoms with Crippen LogP contribution in [0.25, 0.3) is 21.9 Å². The van der Waals surface area contributed by atoms with Gasteiger partial charge in [-0.05, 0) is 18.2 Å². The lowest BCUT2D eigenvalue weighted by Crippen LogP contribution is -2.14. The number of fused-ring (bicyclic) bond motifs is 6. The fraction of sp³-hybridized carbons (Fsp3) is 0.200. The summed E-state index contributed by atoms with van der Waals surface area (Å²) in [5.41, 5.74) is 1.09. The van der Waals surface area contributed by atoms with Crippen LogP contribution in [0.1, 0.15) is 18.4 Å². The van der Waals surface area contributed by atoms with Crippen LogP contribution in [0.4, 0.5) is 0 Å².